The Balaban J connectivity index is 2.51. The number of hydrogen-bond donors (Lipinski definition) is 0. The molecular weight excluding hydrogens is 206 g/mol. The van der Waals surface area contributed by atoms with Crippen molar-refractivity contribution < 1.29 is 14.3 Å². The number of carbonyl (C=O) groups is 2. The van der Waals surface area contributed by atoms with Gasteiger partial charge in [0.05, 0.1) is 13.0 Å². The lowest BCUT2D eigenvalue weighted by Gasteiger charge is -2.33. The molecule has 16 heavy (non-hydrogen) atoms. The van der Waals surface area contributed by atoms with Crippen molar-refractivity contribution in [3.63, 3.8) is 0 Å². The van der Waals surface area contributed by atoms with E-state index in [0.29, 0.717) is 19.4 Å². The molecule has 1 amide bonds. The average molecular weight is 227 g/mol. The average Bonchev–Trinajstić information content (AvgIpc) is 2.27. The monoisotopic (exact) mass is 227 g/mol. The summed E-state index contributed by atoms with van der Waals surface area (Å²) in [5.41, 5.74) is 0. The number of ether oxygens (including phenoxy) is 1. The normalized spacial score (nSPS) is 18.4. The van der Waals surface area contributed by atoms with Gasteiger partial charge in [0.25, 0.3) is 0 Å². The molecule has 1 heterocycles. The minimum atomic E-state index is -0.201. The Morgan fingerprint density at radius 1 is 1.44 bits per heavy atom. The van der Waals surface area contributed by atoms with Gasteiger partial charge in [0.1, 0.15) is 0 Å². The topological polar surface area (TPSA) is 46.6 Å². The van der Waals surface area contributed by atoms with Crippen LogP contribution in [0.4, 0.5) is 0 Å². The number of nitrogens with zero attached hydrogens (tertiary/aromatic N) is 1. The molecule has 0 bridgehead atoms. The largest absolute Gasteiger partial charge is 0.466 e. The minimum absolute atomic E-state index is 0.0202. The van der Waals surface area contributed by atoms with Crippen molar-refractivity contribution in [2.75, 3.05) is 13.2 Å². The fraction of sp³-hybridized carbons (Fsp3) is 0.833. The summed E-state index contributed by atoms with van der Waals surface area (Å²) in [7, 11) is 0. The summed E-state index contributed by atoms with van der Waals surface area (Å²) < 4.78 is 4.92. The highest BCUT2D eigenvalue weighted by molar-refractivity contribution is 5.78. The van der Waals surface area contributed by atoms with Crippen LogP contribution in [-0.2, 0) is 14.3 Å². The van der Waals surface area contributed by atoms with E-state index < -0.39 is 0 Å². The van der Waals surface area contributed by atoms with Gasteiger partial charge >= 0.3 is 5.97 Å². The second kappa shape index (κ2) is 6.51. The van der Waals surface area contributed by atoms with Crippen LogP contribution < -0.4 is 0 Å². The summed E-state index contributed by atoms with van der Waals surface area (Å²) in [6.45, 7) is 5.00. The van der Waals surface area contributed by atoms with Gasteiger partial charge in [-0.05, 0) is 26.2 Å². The van der Waals surface area contributed by atoms with E-state index in [1.807, 2.05) is 11.8 Å². The van der Waals surface area contributed by atoms with E-state index in [1.54, 1.807) is 6.92 Å². The summed E-state index contributed by atoms with van der Waals surface area (Å²) in [6, 6.07) is 0.0202. The van der Waals surface area contributed by atoms with Crippen molar-refractivity contribution in [2.45, 2.75) is 52.0 Å². The third-order valence-electron chi connectivity index (χ3n) is 2.98. The maximum atomic E-state index is 11.7. The SMILES string of the molecule is CCOC(=O)C[C@H](CC)N1CCCCC1=O. The molecule has 0 saturated carbocycles. The number of rotatable bonds is 5. The first-order chi connectivity index (χ1) is 7.69. The van der Waals surface area contributed by atoms with Crippen LogP contribution in [0.15, 0.2) is 0 Å². The zero-order valence-electron chi connectivity index (χ0n) is 10.2. The van der Waals surface area contributed by atoms with E-state index in [-0.39, 0.29) is 17.9 Å². The van der Waals surface area contributed by atoms with Crippen molar-refractivity contribution in [3.05, 3.63) is 0 Å². The van der Waals surface area contributed by atoms with Gasteiger partial charge in [0.15, 0.2) is 0 Å². The molecule has 0 unspecified atom stereocenters. The van der Waals surface area contributed by atoms with Crippen molar-refractivity contribution in [1.82, 2.24) is 4.90 Å². The van der Waals surface area contributed by atoms with Crippen molar-refractivity contribution in [1.29, 1.82) is 0 Å². The molecule has 0 aliphatic carbocycles. The first-order valence-electron chi connectivity index (χ1n) is 6.14. The van der Waals surface area contributed by atoms with Crippen molar-refractivity contribution in [3.8, 4) is 0 Å². The highest BCUT2D eigenvalue weighted by Crippen LogP contribution is 2.18. The van der Waals surface area contributed by atoms with Crippen LogP contribution in [0.25, 0.3) is 0 Å². The Labute approximate surface area is 96.9 Å². The van der Waals surface area contributed by atoms with Crippen LogP contribution in [0.3, 0.4) is 0 Å². The maximum absolute atomic E-state index is 11.7. The standard InChI is InChI=1S/C12H21NO3/c1-3-10(9-12(15)16-4-2)13-8-6-5-7-11(13)14/h10H,3-9H2,1-2H3/t10-/m0/s1. The van der Waals surface area contributed by atoms with Gasteiger partial charge < -0.3 is 9.64 Å². The fourth-order valence-corrected chi connectivity index (χ4v) is 2.10. The van der Waals surface area contributed by atoms with Gasteiger partial charge in [-0.25, -0.2) is 0 Å². The second-order valence-electron chi connectivity index (χ2n) is 4.12. The zero-order valence-corrected chi connectivity index (χ0v) is 10.2. The summed E-state index contributed by atoms with van der Waals surface area (Å²) in [5, 5.41) is 0. The number of piperidine rings is 1. The van der Waals surface area contributed by atoms with Gasteiger partial charge in [-0.3, -0.25) is 9.59 Å². The molecule has 1 fully saturated rings. The van der Waals surface area contributed by atoms with Crippen LogP contribution in [0.5, 0.6) is 0 Å². The summed E-state index contributed by atoms with van der Waals surface area (Å²) in [4.78, 5) is 25.0. The fourth-order valence-electron chi connectivity index (χ4n) is 2.10. The summed E-state index contributed by atoms with van der Waals surface area (Å²) in [6.07, 6.45) is 3.79. The molecule has 0 aromatic rings. The molecule has 1 atom stereocenters. The number of carbonyl (C=O) groups excluding carboxylic acids is 2. The van der Waals surface area contributed by atoms with Crippen LogP contribution >= 0.6 is 0 Å². The molecule has 0 spiro atoms. The van der Waals surface area contributed by atoms with E-state index in [4.69, 9.17) is 4.74 Å². The molecule has 92 valence electrons. The van der Waals surface area contributed by atoms with Crippen LogP contribution in [0.2, 0.25) is 0 Å². The molecule has 0 radical (unpaired) electrons. The second-order valence-corrected chi connectivity index (χ2v) is 4.12. The Morgan fingerprint density at radius 3 is 2.75 bits per heavy atom. The first-order valence-corrected chi connectivity index (χ1v) is 6.14. The molecule has 1 aliphatic rings. The smallest absolute Gasteiger partial charge is 0.307 e. The van der Waals surface area contributed by atoms with Crippen LogP contribution in [-0.4, -0.2) is 36.0 Å². The van der Waals surface area contributed by atoms with Gasteiger partial charge in [-0.15, -0.1) is 0 Å². The maximum Gasteiger partial charge on any atom is 0.307 e. The molecule has 0 aromatic carbocycles. The molecular formula is C12H21NO3. The predicted octanol–water partition coefficient (Wildman–Crippen LogP) is 1.73. The van der Waals surface area contributed by atoms with E-state index in [9.17, 15) is 9.59 Å². The third kappa shape index (κ3) is 3.51. The molecule has 1 aliphatic heterocycles. The number of likely N-dealkylation sites (tertiary alicyclic amines) is 1. The Bertz CT molecular complexity index is 253. The lowest BCUT2D eigenvalue weighted by molar-refractivity contribution is -0.146. The number of esters is 1. The van der Waals surface area contributed by atoms with Crippen molar-refractivity contribution >= 4 is 11.9 Å². The van der Waals surface area contributed by atoms with E-state index in [0.717, 1.165) is 25.8 Å². The Morgan fingerprint density at radius 2 is 2.19 bits per heavy atom. The van der Waals surface area contributed by atoms with Gasteiger partial charge in [-0.2, -0.15) is 0 Å². The Hall–Kier alpha value is -1.06. The van der Waals surface area contributed by atoms with Crippen molar-refractivity contribution in [2.24, 2.45) is 0 Å². The Kier molecular flexibility index (Phi) is 5.29. The summed E-state index contributed by atoms with van der Waals surface area (Å²) >= 11 is 0. The summed E-state index contributed by atoms with van der Waals surface area (Å²) in [5.74, 6) is -0.0184. The zero-order chi connectivity index (χ0) is 12.0. The van der Waals surface area contributed by atoms with E-state index in [2.05, 4.69) is 0 Å². The molecule has 0 aromatic heterocycles. The minimum Gasteiger partial charge on any atom is -0.466 e. The molecule has 4 heteroatoms. The number of amides is 1. The highest BCUT2D eigenvalue weighted by atomic mass is 16.5. The lowest BCUT2D eigenvalue weighted by Crippen LogP contribution is -2.44. The van der Waals surface area contributed by atoms with Gasteiger partial charge in [0, 0.05) is 19.0 Å². The number of hydrogen-bond acceptors (Lipinski definition) is 3. The molecule has 0 N–H and O–H groups in total. The van der Waals surface area contributed by atoms with Gasteiger partial charge in [0.2, 0.25) is 5.91 Å². The van der Waals surface area contributed by atoms with Crippen LogP contribution in [0.1, 0.15) is 46.0 Å². The molecule has 4 nitrogen and oxygen atoms in total. The van der Waals surface area contributed by atoms with E-state index >= 15 is 0 Å². The highest BCUT2D eigenvalue weighted by Gasteiger charge is 2.26. The van der Waals surface area contributed by atoms with Gasteiger partial charge in [-0.1, -0.05) is 6.92 Å². The molecule has 1 rings (SSSR count). The van der Waals surface area contributed by atoms with E-state index in [1.165, 1.54) is 0 Å². The first kappa shape index (κ1) is 13.0. The lowest BCUT2D eigenvalue weighted by atomic mass is 10.0. The predicted molar refractivity (Wildman–Crippen MR) is 60.9 cm³/mol. The molecule has 1 saturated heterocycles. The quantitative estimate of drug-likeness (QED) is 0.672. The third-order valence-corrected chi connectivity index (χ3v) is 2.98. The van der Waals surface area contributed by atoms with Crippen LogP contribution in [0, 0.1) is 0 Å².